The zero-order chi connectivity index (χ0) is 20.2. The van der Waals surface area contributed by atoms with Gasteiger partial charge in [-0.1, -0.05) is 68.0 Å². The van der Waals surface area contributed by atoms with Gasteiger partial charge in [0.25, 0.3) is 0 Å². The summed E-state index contributed by atoms with van der Waals surface area (Å²) in [6.07, 6.45) is 15.4. The van der Waals surface area contributed by atoms with E-state index in [9.17, 15) is 0 Å². The molecule has 148 valence electrons. The van der Waals surface area contributed by atoms with Crippen molar-refractivity contribution in [1.82, 2.24) is 15.3 Å². The molecule has 0 unspecified atom stereocenters. The van der Waals surface area contributed by atoms with Crippen LogP contribution in [-0.4, -0.2) is 23.1 Å². The first kappa shape index (κ1) is 22.1. The number of halogens is 1. The van der Waals surface area contributed by atoms with Gasteiger partial charge in [0.05, 0.1) is 0 Å². The Bertz CT molecular complexity index is 820. The van der Waals surface area contributed by atoms with Gasteiger partial charge in [-0.3, -0.25) is 0 Å². The van der Waals surface area contributed by atoms with Crippen molar-refractivity contribution in [3.8, 4) is 0 Å². The second-order valence-corrected chi connectivity index (χ2v) is 7.09. The summed E-state index contributed by atoms with van der Waals surface area (Å²) in [5, 5.41) is 4.06. The first-order valence-electron chi connectivity index (χ1n) is 9.91. The summed E-state index contributed by atoms with van der Waals surface area (Å²) < 4.78 is 0. The van der Waals surface area contributed by atoms with E-state index in [-0.39, 0.29) is 0 Å². The predicted molar refractivity (Wildman–Crippen MR) is 120 cm³/mol. The van der Waals surface area contributed by atoms with Crippen molar-refractivity contribution >= 4 is 11.6 Å². The molecule has 0 bridgehead atoms. The summed E-state index contributed by atoms with van der Waals surface area (Å²) in [4.78, 5) is 8.92. The van der Waals surface area contributed by atoms with Crippen LogP contribution in [-0.2, 0) is 12.8 Å². The maximum Gasteiger partial charge on any atom is 0.132 e. The number of aromatic nitrogens is 2. The van der Waals surface area contributed by atoms with E-state index in [4.69, 9.17) is 11.6 Å². The first-order chi connectivity index (χ1) is 13.6. The maximum absolute atomic E-state index is 5.85. The van der Waals surface area contributed by atoms with Crippen molar-refractivity contribution in [3.63, 3.8) is 0 Å². The minimum atomic E-state index is 0.754. The molecule has 1 aromatic heterocycles. The Labute approximate surface area is 174 Å². The molecule has 1 aromatic carbocycles. The van der Waals surface area contributed by atoms with E-state index >= 15 is 0 Å². The second-order valence-electron chi connectivity index (χ2n) is 6.66. The van der Waals surface area contributed by atoms with E-state index in [0.717, 1.165) is 54.5 Å². The second kappa shape index (κ2) is 12.3. The quantitative estimate of drug-likeness (QED) is 0.688. The van der Waals surface area contributed by atoms with Crippen molar-refractivity contribution in [2.24, 2.45) is 0 Å². The fourth-order valence-corrected chi connectivity index (χ4v) is 2.90. The molecule has 0 saturated heterocycles. The minimum Gasteiger partial charge on any atom is -0.313 e. The van der Waals surface area contributed by atoms with Crippen molar-refractivity contribution in [2.75, 3.05) is 13.1 Å². The highest BCUT2D eigenvalue weighted by Crippen LogP contribution is 2.13. The van der Waals surface area contributed by atoms with Gasteiger partial charge in [0, 0.05) is 29.9 Å². The van der Waals surface area contributed by atoms with E-state index in [1.54, 1.807) is 0 Å². The van der Waals surface area contributed by atoms with Crippen LogP contribution in [0.4, 0.5) is 0 Å². The summed E-state index contributed by atoms with van der Waals surface area (Å²) in [6.45, 7) is 8.32. The van der Waals surface area contributed by atoms with Gasteiger partial charge in [-0.05, 0) is 55.1 Å². The monoisotopic (exact) mass is 395 g/mol. The topological polar surface area (TPSA) is 37.8 Å². The average molecular weight is 396 g/mol. The van der Waals surface area contributed by atoms with Crippen LogP contribution in [0.5, 0.6) is 0 Å². The van der Waals surface area contributed by atoms with Crippen LogP contribution >= 0.6 is 11.6 Å². The Hall–Kier alpha value is -2.23. The smallest absolute Gasteiger partial charge is 0.132 e. The SMILES string of the molecule is CCNCC1=CCC=CC=C1.CCc1nc(Cc2ccc(Cl)cc2)ncc1C. The van der Waals surface area contributed by atoms with Gasteiger partial charge in [-0.15, -0.1) is 0 Å². The molecule has 4 heteroatoms. The van der Waals surface area contributed by atoms with Crippen LogP contribution in [0.15, 0.2) is 66.4 Å². The van der Waals surface area contributed by atoms with Gasteiger partial charge in [0.2, 0.25) is 0 Å². The van der Waals surface area contributed by atoms with Gasteiger partial charge >= 0.3 is 0 Å². The van der Waals surface area contributed by atoms with Crippen molar-refractivity contribution in [3.05, 3.63) is 94.1 Å². The average Bonchev–Trinajstić information content (AvgIpc) is 2.99. The molecule has 1 heterocycles. The van der Waals surface area contributed by atoms with Gasteiger partial charge < -0.3 is 5.32 Å². The Balaban J connectivity index is 0.000000221. The van der Waals surface area contributed by atoms with Crippen LogP contribution in [0.3, 0.4) is 0 Å². The lowest BCUT2D eigenvalue weighted by Crippen LogP contribution is -2.15. The maximum atomic E-state index is 5.85. The van der Waals surface area contributed by atoms with Gasteiger partial charge in [0.15, 0.2) is 0 Å². The normalized spacial score (nSPS) is 12.8. The predicted octanol–water partition coefficient (Wildman–Crippen LogP) is 5.63. The van der Waals surface area contributed by atoms with Crippen LogP contribution < -0.4 is 5.32 Å². The molecule has 0 atom stereocenters. The number of likely N-dealkylation sites (N-methyl/N-ethyl adjacent to an activating group) is 1. The number of hydrogen-bond acceptors (Lipinski definition) is 3. The molecule has 1 aliphatic carbocycles. The third kappa shape index (κ3) is 7.79. The molecule has 3 rings (SSSR count). The number of allylic oxidation sites excluding steroid dienone is 4. The summed E-state index contributed by atoms with van der Waals surface area (Å²) in [7, 11) is 0. The van der Waals surface area contributed by atoms with E-state index in [0.29, 0.717) is 0 Å². The van der Waals surface area contributed by atoms with E-state index in [2.05, 4.69) is 59.5 Å². The Morgan fingerprint density at radius 1 is 1.11 bits per heavy atom. The molecule has 0 radical (unpaired) electrons. The van der Waals surface area contributed by atoms with Gasteiger partial charge in [-0.2, -0.15) is 0 Å². The molecule has 0 spiro atoms. The number of hydrogen-bond donors (Lipinski definition) is 1. The van der Waals surface area contributed by atoms with Gasteiger partial charge in [-0.25, -0.2) is 9.97 Å². The Morgan fingerprint density at radius 2 is 1.89 bits per heavy atom. The molecule has 2 aromatic rings. The summed E-state index contributed by atoms with van der Waals surface area (Å²) >= 11 is 5.85. The lowest BCUT2D eigenvalue weighted by molar-refractivity contribution is 0.783. The highest BCUT2D eigenvalue weighted by Gasteiger charge is 2.03. The zero-order valence-electron chi connectivity index (χ0n) is 17.1. The van der Waals surface area contributed by atoms with Crippen LogP contribution in [0, 0.1) is 6.92 Å². The van der Waals surface area contributed by atoms with Crippen molar-refractivity contribution < 1.29 is 0 Å². The zero-order valence-corrected chi connectivity index (χ0v) is 17.8. The molecular formula is C24H30ClN3. The minimum absolute atomic E-state index is 0.754. The largest absolute Gasteiger partial charge is 0.313 e. The fraction of sp³-hybridized carbons (Fsp3) is 0.333. The van der Waals surface area contributed by atoms with E-state index in [1.807, 2.05) is 37.4 Å². The molecule has 0 aliphatic heterocycles. The van der Waals surface area contributed by atoms with Crippen LogP contribution in [0.25, 0.3) is 0 Å². The summed E-state index contributed by atoms with van der Waals surface area (Å²) in [5.41, 5.74) is 4.86. The Morgan fingerprint density at radius 3 is 2.61 bits per heavy atom. The fourth-order valence-electron chi connectivity index (χ4n) is 2.77. The number of benzene rings is 1. The summed E-state index contributed by atoms with van der Waals surface area (Å²) in [5.74, 6) is 0.870. The molecule has 28 heavy (non-hydrogen) atoms. The lowest BCUT2D eigenvalue weighted by Gasteiger charge is -2.05. The molecule has 1 aliphatic rings. The first-order valence-corrected chi connectivity index (χ1v) is 10.3. The standard InChI is InChI=1S/C14H15ClN2.C10H15N/c1-3-13-10(2)9-16-14(17-13)8-11-4-6-12(15)7-5-11;1-2-11-9-10-7-5-3-4-6-8-10/h4-7,9H,3,8H2,1-2H3;3-5,7-8,11H,2,6,9H2,1H3. The van der Waals surface area contributed by atoms with Crippen LogP contribution in [0.1, 0.15) is 42.9 Å². The molecule has 0 saturated carbocycles. The molecule has 0 amide bonds. The number of nitrogens with zero attached hydrogens (tertiary/aromatic N) is 2. The van der Waals surface area contributed by atoms with E-state index < -0.39 is 0 Å². The number of rotatable bonds is 6. The highest BCUT2D eigenvalue weighted by atomic mass is 35.5. The van der Waals surface area contributed by atoms with Gasteiger partial charge in [0.1, 0.15) is 5.82 Å². The highest BCUT2D eigenvalue weighted by molar-refractivity contribution is 6.30. The lowest BCUT2D eigenvalue weighted by atomic mass is 10.1. The molecular weight excluding hydrogens is 366 g/mol. The number of aryl methyl sites for hydroxylation is 2. The van der Waals surface area contributed by atoms with E-state index in [1.165, 1.54) is 11.1 Å². The molecule has 0 fully saturated rings. The summed E-state index contributed by atoms with van der Waals surface area (Å²) in [6, 6.07) is 7.81. The third-order valence-corrected chi connectivity index (χ3v) is 4.64. The Kier molecular flexibility index (Phi) is 9.67. The van der Waals surface area contributed by atoms with Crippen molar-refractivity contribution in [2.45, 2.75) is 40.0 Å². The molecule has 1 N–H and O–H groups in total. The number of nitrogens with one attached hydrogen (secondary N) is 1. The third-order valence-electron chi connectivity index (χ3n) is 4.39. The molecule has 3 nitrogen and oxygen atoms in total. The van der Waals surface area contributed by atoms with Crippen molar-refractivity contribution in [1.29, 1.82) is 0 Å². The van der Waals surface area contributed by atoms with Crippen LogP contribution in [0.2, 0.25) is 5.02 Å².